The fourth-order valence-corrected chi connectivity index (χ4v) is 5.41. The Bertz CT molecular complexity index is 913. The lowest BCUT2D eigenvalue weighted by atomic mass is 10.1. The molecule has 0 saturated heterocycles. The fourth-order valence-electron chi connectivity index (χ4n) is 2.91. The molecule has 2 N–H and O–H groups in total. The molecule has 0 radical (unpaired) electrons. The molecule has 0 spiro atoms. The van der Waals surface area contributed by atoms with Crippen LogP contribution in [-0.4, -0.2) is 44.5 Å². The largest absolute Gasteiger partial charge is 0.326 e. The second-order valence-electron chi connectivity index (χ2n) is 6.41. The molecule has 0 bridgehead atoms. The predicted molar refractivity (Wildman–Crippen MR) is 112 cm³/mol. The second-order valence-corrected chi connectivity index (χ2v) is 9.49. The normalized spacial score (nSPS) is 12.0. The maximum absolute atomic E-state index is 12.6. The third-order valence-electron chi connectivity index (χ3n) is 4.65. The van der Waals surface area contributed by atoms with Crippen molar-refractivity contribution in [1.29, 1.82) is 0 Å². The number of hydrogen-bond donors (Lipinski definition) is 2. The summed E-state index contributed by atoms with van der Waals surface area (Å²) in [6, 6.07) is 5.28. The zero-order chi connectivity index (χ0) is 20.0. The van der Waals surface area contributed by atoms with Crippen LogP contribution in [-0.2, 0) is 16.4 Å². The molecule has 6 nitrogen and oxygen atoms in total. The Hall–Kier alpha value is -1.48. The number of aromatic nitrogens is 1. The van der Waals surface area contributed by atoms with E-state index in [1.165, 1.54) is 11.3 Å². The lowest BCUT2D eigenvalue weighted by Crippen LogP contribution is -2.29. The Morgan fingerprint density at radius 1 is 1.19 bits per heavy atom. The number of sulfonamides is 1. The molecule has 0 fully saturated rings. The highest BCUT2D eigenvalue weighted by Crippen LogP contribution is 2.32. The number of thiophene rings is 1. The smallest absolute Gasteiger partial charge is 0.251 e. The summed E-state index contributed by atoms with van der Waals surface area (Å²) in [6.45, 7) is 11.2. The van der Waals surface area contributed by atoms with Crippen molar-refractivity contribution in [2.45, 2.75) is 44.7 Å². The minimum atomic E-state index is -3.52. The van der Waals surface area contributed by atoms with Crippen LogP contribution >= 0.6 is 11.3 Å². The standard InChI is InChI=1S/C19H29N3O3S2/c1-5-15-13-16(14(4)21-19(15)23)17-9-10-18(26-17)27(24,25)20-11-8-12-22(6-2)7-3/h9-10,13,20H,5-8,11-12H2,1-4H3,(H,21,23). The maximum atomic E-state index is 12.6. The van der Waals surface area contributed by atoms with E-state index in [1.807, 2.05) is 19.9 Å². The molecule has 2 rings (SSSR count). The van der Waals surface area contributed by atoms with Crippen molar-refractivity contribution in [1.82, 2.24) is 14.6 Å². The van der Waals surface area contributed by atoms with Gasteiger partial charge in [-0.15, -0.1) is 11.3 Å². The van der Waals surface area contributed by atoms with Crippen LogP contribution in [0.15, 0.2) is 27.2 Å². The average Bonchev–Trinajstić information content (AvgIpc) is 3.13. The van der Waals surface area contributed by atoms with Gasteiger partial charge in [0.05, 0.1) is 0 Å². The summed E-state index contributed by atoms with van der Waals surface area (Å²) in [4.78, 5) is 17.8. The number of nitrogens with zero attached hydrogens (tertiary/aromatic N) is 1. The van der Waals surface area contributed by atoms with E-state index in [1.54, 1.807) is 12.1 Å². The SMILES string of the molecule is CCc1cc(-c2ccc(S(=O)(=O)NCCCN(CC)CC)s2)c(C)[nH]c1=O. The van der Waals surface area contributed by atoms with Gasteiger partial charge in [-0.2, -0.15) is 0 Å². The Morgan fingerprint density at radius 3 is 2.52 bits per heavy atom. The molecular formula is C19H29N3O3S2. The number of aromatic amines is 1. The molecule has 0 amide bonds. The molecule has 0 aliphatic carbocycles. The van der Waals surface area contributed by atoms with Gasteiger partial charge >= 0.3 is 0 Å². The van der Waals surface area contributed by atoms with Gasteiger partial charge in [-0.25, -0.2) is 13.1 Å². The summed E-state index contributed by atoms with van der Waals surface area (Å²) in [7, 11) is -3.52. The number of hydrogen-bond acceptors (Lipinski definition) is 5. The second kappa shape index (κ2) is 9.64. The summed E-state index contributed by atoms with van der Waals surface area (Å²) in [5.74, 6) is 0. The van der Waals surface area contributed by atoms with Crippen LogP contribution in [0.2, 0.25) is 0 Å². The van der Waals surface area contributed by atoms with Crippen molar-refractivity contribution in [3.05, 3.63) is 39.8 Å². The number of rotatable bonds is 10. The van der Waals surface area contributed by atoms with Crippen LogP contribution < -0.4 is 10.3 Å². The van der Waals surface area contributed by atoms with Crippen molar-refractivity contribution >= 4 is 21.4 Å². The Kier molecular flexibility index (Phi) is 7.79. The van der Waals surface area contributed by atoms with Crippen LogP contribution in [0.25, 0.3) is 10.4 Å². The highest BCUT2D eigenvalue weighted by Gasteiger charge is 2.18. The maximum Gasteiger partial charge on any atom is 0.251 e. The summed E-state index contributed by atoms with van der Waals surface area (Å²) in [6.07, 6.45) is 1.41. The van der Waals surface area contributed by atoms with Gasteiger partial charge in [0.15, 0.2) is 0 Å². The molecule has 2 aromatic heterocycles. The van der Waals surface area contributed by atoms with E-state index in [-0.39, 0.29) is 5.56 Å². The zero-order valence-electron chi connectivity index (χ0n) is 16.5. The van der Waals surface area contributed by atoms with Crippen molar-refractivity contribution in [3.8, 4) is 10.4 Å². The molecule has 0 aromatic carbocycles. The van der Waals surface area contributed by atoms with E-state index in [0.29, 0.717) is 22.7 Å². The van der Waals surface area contributed by atoms with Gasteiger partial charge in [0.1, 0.15) is 4.21 Å². The first-order valence-corrected chi connectivity index (χ1v) is 11.7. The third kappa shape index (κ3) is 5.51. The lowest BCUT2D eigenvalue weighted by molar-refractivity contribution is 0.300. The molecule has 0 saturated carbocycles. The number of aryl methyl sites for hydroxylation is 2. The van der Waals surface area contributed by atoms with Crippen LogP contribution in [0.1, 0.15) is 38.4 Å². The minimum Gasteiger partial charge on any atom is -0.326 e. The summed E-state index contributed by atoms with van der Waals surface area (Å²) in [5.41, 5.74) is 2.23. The first kappa shape index (κ1) is 21.8. The van der Waals surface area contributed by atoms with E-state index in [0.717, 1.165) is 42.2 Å². The molecule has 0 aliphatic rings. The number of pyridine rings is 1. The number of H-pyrrole nitrogens is 1. The van der Waals surface area contributed by atoms with Crippen LogP contribution in [0.4, 0.5) is 0 Å². The Morgan fingerprint density at radius 2 is 1.89 bits per heavy atom. The predicted octanol–water partition coefficient (Wildman–Crippen LogP) is 2.98. The van der Waals surface area contributed by atoms with Gasteiger partial charge < -0.3 is 9.88 Å². The van der Waals surface area contributed by atoms with Gasteiger partial charge in [0, 0.05) is 28.2 Å². The van der Waals surface area contributed by atoms with Gasteiger partial charge in [-0.1, -0.05) is 20.8 Å². The molecule has 150 valence electrons. The van der Waals surface area contributed by atoms with Gasteiger partial charge in [0.2, 0.25) is 10.0 Å². The van der Waals surface area contributed by atoms with E-state index < -0.39 is 10.0 Å². The highest BCUT2D eigenvalue weighted by atomic mass is 32.2. The summed E-state index contributed by atoms with van der Waals surface area (Å²) in [5, 5.41) is 0. The van der Waals surface area contributed by atoms with E-state index >= 15 is 0 Å². The molecule has 8 heteroatoms. The number of nitrogens with one attached hydrogen (secondary N) is 2. The van der Waals surface area contributed by atoms with E-state index in [2.05, 4.69) is 28.5 Å². The molecule has 27 heavy (non-hydrogen) atoms. The van der Waals surface area contributed by atoms with E-state index in [4.69, 9.17) is 0 Å². The topological polar surface area (TPSA) is 82.3 Å². The molecular weight excluding hydrogens is 382 g/mol. The first-order valence-electron chi connectivity index (χ1n) is 9.37. The third-order valence-corrected chi connectivity index (χ3v) is 7.72. The van der Waals surface area contributed by atoms with Crippen molar-refractivity contribution < 1.29 is 8.42 Å². The monoisotopic (exact) mass is 411 g/mol. The molecule has 0 aliphatic heterocycles. The fraction of sp³-hybridized carbons (Fsp3) is 0.526. The molecule has 2 heterocycles. The summed E-state index contributed by atoms with van der Waals surface area (Å²) < 4.78 is 28.1. The Labute approximate surface area is 165 Å². The zero-order valence-corrected chi connectivity index (χ0v) is 18.1. The highest BCUT2D eigenvalue weighted by molar-refractivity contribution is 7.91. The average molecular weight is 412 g/mol. The quantitative estimate of drug-likeness (QED) is 0.589. The van der Waals surface area contributed by atoms with Gasteiger partial charge in [0.25, 0.3) is 5.56 Å². The Balaban J connectivity index is 2.11. The molecule has 0 unspecified atom stereocenters. The molecule has 0 atom stereocenters. The minimum absolute atomic E-state index is 0.0852. The lowest BCUT2D eigenvalue weighted by Gasteiger charge is -2.17. The summed E-state index contributed by atoms with van der Waals surface area (Å²) >= 11 is 1.22. The van der Waals surface area contributed by atoms with Crippen LogP contribution in [0.3, 0.4) is 0 Å². The van der Waals surface area contributed by atoms with E-state index in [9.17, 15) is 13.2 Å². The van der Waals surface area contributed by atoms with Crippen molar-refractivity contribution in [3.63, 3.8) is 0 Å². The van der Waals surface area contributed by atoms with Gasteiger partial charge in [-0.3, -0.25) is 4.79 Å². The van der Waals surface area contributed by atoms with Crippen LogP contribution in [0, 0.1) is 6.92 Å². The first-order chi connectivity index (χ1) is 12.8. The van der Waals surface area contributed by atoms with Crippen molar-refractivity contribution in [2.24, 2.45) is 0 Å². The van der Waals surface area contributed by atoms with Crippen LogP contribution in [0.5, 0.6) is 0 Å². The van der Waals surface area contributed by atoms with Gasteiger partial charge in [-0.05, 0) is 57.6 Å². The molecule has 2 aromatic rings. The van der Waals surface area contributed by atoms with Crippen molar-refractivity contribution in [2.75, 3.05) is 26.2 Å².